The van der Waals surface area contributed by atoms with Crippen LogP contribution in [-0.2, 0) is 0 Å². The summed E-state index contributed by atoms with van der Waals surface area (Å²) < 4.78 is 0.843. The molecule has 108 valence electrons. The maximum atomic E-state index is 12.3. The number of piperazine rings is 1. The molecule has 0 unspecified atom stereocenters. The quantitative estimate of drug-likeness (QED) is 0.773. The standard InChI is InChI=1S/C13H17BrN4O2/c1-16(2)13(20)18-7-5-17(6-8-18)12(19)11-4-3-10(14)9-15-11/h3-4,9H,5-8H2,1-2H3. The molecule has 2 heterocycles. The van der Waals surface area contributed by atoms with Crippen molar-refractivity contribution in [3.63, 3.8) is 0 Å². The molecule has 2 rings (SSSR count). The number of carbonyl (C=O) groups is 2. The fraction of sp³-hybridized carbons (Fsp3) is 0.462. The second-order valence-electron chi connectivity index (χ2n) is 4.82. The van der Waals surface area contributed by atoms with Crippen LogP contribution in [0.5, 0.6) is 0 Å². The largest absolute Gasteiger partial charge is 0.334 e. The van der Waals surface area contributed by atoms with E-state index in [0.29, 0.717) is 31.9 Å². The van der Waals surface area contributed by atoms with Gasteiger partial charge in [-0.1, -0.05) is 0 Å². The highest BCUT2D eigenvalue weighted by molar-refractivity contribution is 9.10. The molecule has 0 saturated carbocycles. The van der Waals surface area contributed by atoms with Crippen LogP contribution in [0.2, 0.25) is 0 Å². The highest BCUT2D eigenvalue weighted by atomic mass is 79.9. The Kier molecular flexibility index (Phi) is 4.59. The Morgan fingerprint density at radius 1 is 1.15 bits per heavy atom. The van der Waals surface area contributed by atoms with Gasteiger partial charge in [-0.25, -0.2) is 9.78 Å². The normalized spacial score (nSPS) is 15.2. The zero-order valence-electron chi connectivity index (χ0n) is 11.5. The number of urea groups is 1. The zero-order chi connectivity index (χ0) is 14.7. The van der Waals surface area contributed by atoms with Crippen LogP contribution < -0.4 is 0 Å². The molecule has 0 radical (unpaired) electrons. The molecule has 1 saturated heterocycles. The number of hydrogen-bond donors (Lipinski definition) is 0. The monoisotopic (exact) mass is 340 g/mol. The summed E-state index contributed by atoms with van der Waals surface area (Å²) in [5.74, 6) is -0.0885. The summed E-state index contributed by atoms with van der Waals surface area (Å²) in [6.45, 7) is 2.19. The Labute approximate surface area is 126 Å². The van der Waals surface area contributed by atoms with Crippen molar-refractivity contribution in [1.82, 2.24) is 19.7 Å². The lowest BCUT2D eigenvalue weighted by molar-refractivity contribution is 0.0644. The molecule has 1 fully saturated rings. The maximum Gasteiger partial charge on any atom is 0.319 e. The first kappa shape index (κ1) is 14.8. The molecule has 0 aromatic carbocycles. The number of aromatic nitrogens is 1. The Balaban J connectivity index is 1.95. The first-order valence-corrected chi connectivity index (χ1v) is 7.15. The number of nitrogens with zero attached hydrogens (tertiary/aromatic N) is 4. The van der Waals surface area contributed by atoms with Gasteiger partial charge in [0.1, 0.15) is 5.69 Å². The van der Waals surface area contributed by atoms with Crippen molar-refractivity contribution in [3.8, 4) is 0 Å². The number of pyridine rings is 1. The van der Waals surface area contributed by atoms with Gasteiger partial charge in [0.05, 0.1) is 0 Å². The molecule has 1 aromatic rings. The average Bonchev–Trinajstić information content (AvgIpc) is 2.46. The molecular formula is C13H17BrN4O2. The molecule has 0 aliphatic carbocycles. The van der Waals surface area contributed by atoms with Crippen molar-refractivity contribution in [2.75, 3.05) is 40.3 Å². The van der Waals surface area contributed by atoms with Crippen molar-refractivity contribution >= 4 is 27.9 Å². The van der Waals surface area contributed by atoms with Crippen molar-refractivity contribution in [2.24, 2.45) is 0 Å². The molecule has 7 heteroatoms. The number of carbonyl (C=O) groups excluding carboxylic acids is 2. The third kappa shape index (κ3) is 3.27. The van der Waals surface area contributed by atoms with E-state index < -0.39 is 0 Å². The Morgan fingerprint density at radius 3 is 2.25 bits per heavy atom. The van der Waals surface area contributed by atoms with Crippen LogP contribution in [0, 0.1) is 0 Å². The molecule has 1 aromatic heterocycles. The van der Waals surface area contributed by atoms with E-state index in [0.717, 1.165) is 4.47 Å². The first-order chi connectivity index (χ1) is 9.49. The van der Waals surface area contributed by atoms with Gasteiger partial charge in [0.15, 0.2) is 0 Å². The Hall–Kier alpha value is -1.63. The highest BCUT2D eigenvalue weighted by Crippen LogP contribution is 2.11. The molecule has 1 aliphatic heterocycles. The van der Waals surface area contributed by atoms with E-state index in [1.165, 1.54) is 0 Å². The van der Waals surface area contributed by atoms with Gasteiger partial charge < -0.3 is 14.7 Å². The number of rotatable bonds is 1. The fourth-order valence-corrected chi connectivity index (χ4v) is 2.28. The van der Waals surface area contributed by atoms with Crippen LogP contribution in [0.4, 0.5) is 4.79 Å². The van der Waals surface area contributed by atoms with Crippen LogP contribution in [-0.4, -0.2) is 71.9 Å². The Bertz CT molecular complexity index is 496. The second-order valence-corrected chi connectivity index (χ2v) is 5.73. The van der Waals surface area contributed by atoms with Gasteiger partial charge >= 0.3 is 6.03 Å². The predicted molar refractivity (Wildman–Crippen MR) is 78.5 cm³/mol. The van der Waals surface area contributed by atoms with E-state index in [2.05, 4.69) is 20.9 Å². The van der Waals surface area contributed by atoms with E-state index in [1.54, 1.807) is 47.1 Å². The second kappa shape index (κ2) is 6.21. The molecule has 0 atom stereocenters. The zero-order valence-corrected chi connectivity index (χ0v) is 13.1. The van der Waals surface area contributed by atoms with Crippen LogP contribution >= 0.6 is 15.9 Å². The maximum absolute atomic E-state index is 12.3. The van der Waals surface area contributed by atoms with Crippen LogP contribution in [0.1, 0.15) is 10.5 Å². The third-order valence-electron chi connectivity index (χ3n) is 3.17. The van der Waals surface area contributed by atoms with Crippen molar-refractivity contribution in [3.05, 3.63) is 28.5 Å². The smallest absolute Gasteiger partial charge is 0.319 e. The van der Waals surface area contributed by atoms with Crippen molar-refractivity contribution in [2.45, 2.75) is 0 Å². The third-order valence-corrected chi connectivity index (χ3v) is 3.64. The summed E-state index contributed by atoms with van der Waals surface area (Å²) in [5.41, 5.74) is 0.431. The molecular weight excluding hydrogens is 324 g/mol. The molecule has 0 spiro atoms. The van der Waals surface area contributed by atoms with Crippen LogP contribution in [0.25, 0.3) is 0 Å². The fourth-order valence-electron chi connectivity index (χ4n) is 2.05. The lowest BCUT2D eigenvalue weighted by Crippen LogP contribution is -2.53. The summed E-state index contributed by atoms with van der Waals surface area (Å²) in [7, 11) is 3.46. The van der Waals surface area contributed by atoms with E-state index in [9.17, 15) is 9.59 Å². The SMILES string of the molecule is CN(C)C(=O)N1CCN(C(=O)c2ccc(Br)cn2)CC1. The summed E-state index contributed by atoms with van der Waals surface area (Å²) in [5, 5.41) is 0. The topological polar surface area (TPSA) is 56.8 Å². The number of amides is 3. The minimum absolute atomic E-state index is 0.0149. The number of halogens is 1. The van der Waals surface area contributed by atoms with Crippen LogP contribution in [0.15, 0.2) is 22.8 Å². The van der Waals surface area contributed by atoms with Crippen molar-refractivity contribution < 1.29 is 9.59 Å². The van der Waals surface area contributed by atoms with E-state index in [-0.39, 0.29) is 11.9 Å². The van der Waals surface area contributed by atoms with Gasteiger partial charge in [0, 0.05) is 50.9 Å². The van der Waals surface area contributed by atoms with Gasteiger partial charge in [0.2, 0.25) is 0 Å². The predicted octanol–water partition coefficient (Wildman–Crippen LogP) is 1.28. The van der Waals surface area contributed by atoms with Gasteiger partial charge in [0.25, 0.3) is 5.91 Å². The van der Waals surface area contributed by atoms with Gasteiger partial charge in [-0.05, 0) is 28.1 Å². The van der Waals surface area contributed by atoms with E-state index in [1.807, 2.05) is 0 Å². The summed E-state index contributed by atoms with van der Waals surface area (Å²) >= 11 is 3.29. The minimum Gasteiger partial charge on any atom is -0.334 e. The van der Waals surface area contributed by atoms with Gasteiger partial charge in [-0.3, -0.25) is 4.79 Å². The molecule has 20 heavy (non-hydrogen) atoms. The highest BCUT2D eigenvalue weighted by Gasteiger charge is 2.25. The van der Waals surface area contributed by atoms with E-state index in [4.69, 9.17) is 0 Å². The van der Waals surface area contributed by atoms with E-state index >= 15 is 0 Å². The minimum atomic E-state index is -0.0885. The molecule has 6 nitrogen and oxygen atoms in total. The molecule has 1 aliphatic rings. The van der Waals surface area contributed by atoms with Gasteiger partial charge in [-0.15, -0.1) is 0 Å². The lowest BCUT2D eigenvalue weighted by Gasteiger charge is -2.35. The summed E-state index contributed by atoms with van der Waals surface area (Å²) in [6, 6.07) is 3.48. The van der Waals surface area contributed by atoms with Crippen molar-refractivity contribution in [1.29, 1.82) is 0 Å². The molecule has 0 N–H and O–H groups in total. The first-order valence-electron chi connectivity index (χ1n) is 6.36. The molecule has 3 amide bonds. The van der Waals surface area contributed by atoms with Gasteiger partial charge in [-0.2, -0.15) is 0 Å². The molecule has 0 bridgehead atoms. The number of hydrogen-bond acceptors (Lipinski definition) is 3. The summed E-state index contributed by atoms with van der Waals surface area (Å²) in [4.78, 5) is 33.2. The Morgan fingerprint density at radius 2 is 1.75 bits per heavy atom. The lowest BCUT2D eigenvalue weighted by atomic mass is 10.2. The van der Waals surface area contributed by atoms with Crippen LogP contribution in [0.3, 0.4) is 0 Å². The summed E-state index contributed by atoms with van der Waals surface area (Å²) in [6.07, 6.45) is 1.61. The average molecular weight is 341 g/mol.